The van der Waals surface area contributed by atoms with Crippen LogP contribution in [0.1, 0.15) is 15.9 Å². The fraction of sp³-hybridized carbons (Fsp3) is 0.118. The summed E-state index contributed by atoms with van der Waals surface area (Å²) in [5, 5.41) is 0. The third-order valence-electron chi connectivity index (χ3n) is 3.37. The fourth-order valence-electron chi connectivity index (χ4n) is 2.26. The van der Waals surface area contributed by atoms with Gasteiger partial charge in [0.05, 0.1) is 6.67 Å². The Balaban J connectivity index is 1.80. The smallest absolute Gasteiger partial charge is 0.193 e. The van der Waals surface area contributed by atoms with Gasteiger partial charge in [0.25, 0.3) is 0 Å². The largest absolute Gasteiger partial charge is 0.361 e. The van der Waals surface area contributed by atoms with Crippen molar-refractivity contribution in [2.45, 2.75) is 0 Å². The van der Waals surface area contributed by atoms with E-state index in [9.17, 15) is 4.79 Å². The van der Waals surface area contributed by atoms with Gasteiger partial charge in [0.1, 0.15) is 0 Å². The molecule has 3 nitrogen and oxygen atoms in total. The van der Waals surface area contributed by atoms with Crippen LogP contribution in [-0.4, -0.2) is 24.4 Å². The van der Waals surface area contributed by atoms with E-state index in [2.05, 4.69) is 9.80 Å². The van der Waals surface area contributed by atoms with Crippen molar-refractivity contribution in [2.75, 3.05) is 18.6 Å². The standard InChI is InChI=1S/C17H16N2O/c1-18-11-12-19(13-18)16-9-7-15(8-10-16)17(20)14-5-3-2-4-6-14/h2-12H,13H2,1H3. The molecule has 0 saturated heterocycles. The minimum absolute atomic E-state index is 0.0613. The summed E-state index contributed by atoms with van der Waals surface area (Å²) < 4.78 is 0. The molecule has 3 rings (SSSR count). The lowest BCUT2D eigenvalue weighted by Crippen LogP contribution is -2.21. The highest BCUT2D eigenvalue weighted by atomic mass is 16.1. The number of carbonyl (C=O) groups excluding carboxylic acids is 1. The summed E-state index contributed by atoms with van der Waals surface area (Å²) in [7, 11) is 2.03. The molecule has 0 N–H and O–H groups in total. The molecule has 2 aromatic carbocycles. The molecule has 100 valence electrons. The van der Waals surface area contributed by atoms with Crippen molar-refractivity contribution in [3.05, 3.63) is 78.1 Å². The second-order valence-electron chi connectivity index (χ2n) is 4.91. The maximum absolute atomic E-state index is 12.3. The summed E-state index contributed by atoms with van der Waals surface area (Å²) >= 11 is 0. The zero-order valence-corrected chi connectivity index (χ0v) is 11.4. The lowest BCUT2D eigenvalue weighted by molar-refractivity contribution is 0.103. The Morgan fingerprint density at radius 3 is 2.15 bits per heavy atom. The van der Waals surface area contributed by atoms with Crippen molar-refractivity contribution < 1.29 is 4.79 Å². The van der Waals surface area contributed by atoms with E-state index < -0.39 is 0 Å². The van der Waals surface area contributed by atoms with Crippen molar-refractivity contribution in [1.29, 1.82) is 0 Å². The molecular weight excluding hydrogens is 248 g/mol. The zero-order chi connectivity index (χ0) is 13.9. The zero-order valence-electron chi connectivity index (χ0n) is 11.4. The molecule has 0 amide bonds. The van der Waals surface area contributed by atoms with Crippen molar-refractivity contribution in [3.8, 4) is 0 Å². The molecule has 0 aliphatic carbocycles. The Labute approximate surface area is 118 Å². The second kappa shape index (κ2) is 5.21. The van der Waals surface area contributed by atoms with Gasteiger partial charge in [-0.1, -0.05) is 30.3 Å². The van der Waals surface area contributed by atoms with Gasteiger partial charge in [-0.3, -0.25) is 4.79 Å². The lowest BCUT2D eigenvalue weighted by Gasteiger charge is -2.18. The summed E-state index contributed by atoms with van der Waals surface area (Å²) in [6.07, 6.45) is 4.07. The molecule has 0 atom stereocenters. The molecule has 0 aromatic heterocycles. The van der Waals surface area contributed by atoms with Crippen LogP contribution in [0.3, 0.4) is 0 Å². The predicted octanol–water partition coefficient (Wildman–Crippen LogP) is 3.10. The first-order valence-electron chi connectivity index (χ1n) is 6.59. The topological polar surface area (TPSA) is 23.6 Å². The quantitative estimate of drug-likeness (QED) is 0.796. The van der Waals surface area contributed by atoms with Crippen LogP contribution in [0.2, 0.25) is 0 Å². The molecule has 1 aliphatic rings. The van der Waals surface area contributed by atoms with E-state index in [0.717, 1.165) is 23.5 Å². The van der Waals surface area contributed by atoms with E-state index in [1.165, 1.54) is 0 Å². The van der Waals surface area contributed by atoms with Gasteiger partial charge in [0.15, 0.2) is 5.78 Å². The number of rotatable bonds is 3. The molecule has 1 heterocycles. The first-order chi connectivity index (χ1) is 9.74. The number of benzene rings is 2. The van der Waals surface area contributed by atoms with Gasteiger partial charge in [-0.2, -0.15) is 0 Å². The van der Waals surface area contributed by atoms with Crippen LogP contribution in [0, 0.1) is 0 Å². The molecule has 0 radical (unpaired) electrons. The van der Waals surface area contributed by atoms with Gasteiger partial charge in [-0.15, -0.1) is 0 Å². The highest BCUT2D eigenvalue weighted by Gasteiger charge is 2.12. The van der Waals surface area contributed by atoms with Gasteiger partial charge in [0, 0.05) is 36.3 Å². The van der Waals surface area contributed by atoms with Crippen LogP contribution in [-0.2, 0) is 0 Å². The summed E-state index contributed by atoms with van der Waals surface area (Å²) in [6, 6.07) is 17.1. The molecule has 3 heteroatoms. The minimum Gasteiger partial charge on any atom is -0.361 e. The summed E-state index contributed by atoms with van der Waals surface area (Å²) in [5.74, 6) is 0.0613. The van der Waals surface area contributed by atoms with Gasteiger partial charge in [-0.05, 0) is 24.3 Å². The second-order valence-corrected chi connectivity index (χ2v) is 4.91. The molecule has 0 unspecified atom stereocenters. The monoisotopic (exact) mass is 264 g/mol. The van der Waals surface area contributed by atoms with Crippen molar-refractivity contribution in [1.82, 2.24) is 4.90 Å². The molecule has 0 bridgehead atoms. The van der Waals surface area contributed by atoms with Crippen LogP contribution in [0.25, 0.3) is 0 Å². The molecule has 20 heavy (non-hydrogen) atoms. The number of nitrogens with zero attached hydrogens (tertiary/aromatic N) is 2. The van der Waals surface area contributed by atoms with Crippen LogP contribution < -0.4 is 4.90 Å². The number of hydrogen-bond acceptors (Lipinski definition) is 3. The Bertz CT molecular complexity index is 632. The molecule has 0 saturated carbocycles. The third kappa shape index (κ3) is 2.43. The van der Waals surface area contributed by atoms with Crippen molar-refractivity contribution in [3.63, 3.8) is 0 Å². The average Bonchev–Trinajstić information content (AvgIpc) is 2.94. The van der Waals surface area contributed by atoms with Gasteiger partial charge in [0.2, 0.25) is 0 Å². The van der Waals surface area contributed by atoms with E-state index in [1.54, 1.807) is 0 Å². The number of hydrogen-bond donors (Lipinski definition) is 0. The molecule has 1 aliphatic heterocycles. The van der Waals surface area contributed by atoms with E-state index in [0.29, 0.717) is 0 Å². The first-order valence-corrected chi connectivity index (χ1v) is 6.59. The van der Waals surface area contributed by atoms with E-state index >= 15 is 0 Å². The fourth-order valence-corrected chi connectivity index (χ4v) is 2.26. The van der Waals surface area contributed by atoms with Crippen LogP contribution in [0.5, 0.6) is 0 Å². The molecule has 0 spiro atoms. The Morgan fingerprint density at radius 1 is 0.900 bits per heavy atom. The van der Waals surface area contributed by atoms with Gasteiger partial charge < -0.3 is 9.80 Å². The predicted molar refractivity (Wildman–Crippen MR) is 80.6 cm³/mol. The SMILES string of the molecule is CN1C=CN(c2ccc(C(=O)c3ccccc3)cc2)C1. The molecule has 2 aromatic rings. The lowest BCUT2D eigenvalue weighted by atomic mass is 10.0. The highest BCUT2D eigenvalue weighted by molar-refractivity contribution is 6.09. The Morgan fingerprint density at radius 2 is 1.55 bits per heavy atom. The maximum Gasteiger partial charge on any atom is 0.193 e. The van der Waals surface area contributed by atoms with Crippen LogP contribution in [0.15, 0.2) is 67.0 Å². The summed E-state index contributed by atoms with van der Waals surface area (Å²) in [5.41, 5.74) is 2.53. The number of anilines is 1. The normalized spacial score (nSPS) is 13.8. The first kappa shape index (κ1) is 12.5. The van der Waals surface area contributed by atoms with Crippen molar-refractivity contribution >= 4 is 11.5 Å². The number of carbonyl (C=O) groups is 1. The summed E-state index contributed by atoms with van der Waals surface area (Å²) in [6.45, 7) is 0.839. The molecule has 0 fully saturated rings. The maximum atomic E-state index is 12.3. The van der Waals surface area contributed by atoms with E-state index in [-0.39, 0.29) is 5.78 Å². The van der Waals surface area contributed by atoms with E-state index in [4.69, 9.17) is 0 Å². The average molecular weight is 264 g/mol. The van der Waals surface area contributed by atoms with Crippen molar-refractivity contribution in [2.24, 2.45) is 0 Å². The molecular formula is C17H16N2O. The van der Waals surface area contributed by atoms with Gasteiger partial charge >= 0.3 is 0 Å². The Kier molecular flexibility index (Phi) is 3.25. The highest BCUT2D eigenvalue weighted by Crippen LogP contribution is 2.20. The van der Waals surface area contributed by atoms with Crippen LogP contribution in [0.4, 0.5) is 5.69 Å². The summed E-state index contributed by atoms with van der Waals surface area (Å²) in [4.78, 5) is 16.5. The van der Waals surface area contributed by atoms with Crippen LogP contribution >= 0.6 is 0 Å². The third-order valence-corrected chi connectivity index (χ3v) is 3.37. The minimum atomic E-state index is 0.0613. The Hall–Kier alpha value is -2.55. The number of ketones is 1. The van der Waals surface area contributed by atoms with Gasteiger partial charge in [-0.25, -0.2) is 0 Å². The van der Waals surface area contributed by atoms with E-state index in [1.807, 2.05) is 74.0 Å².